The van der Waals surface area contributed by atoms with Gasteiger partial charge in [0, 0.05) is 18.2 Å². The van der Waals surface area contributed by atoms with E-state index in [1.807, 2.05) is 13.8 Å². The number of hydrogen-bond donors (Lipinski definition) is 2. The lowest BCUT2D eigenvalue weighted by Crippen LogP contribution is -2.39. The van der Waals surface area contributed by atoms with E-state index in [1.165, 1.54) is 31.6 Å². The largest absolute Gasteiger partial charge is 0.493 e. The summed E-state index contributed by atoms with van der Waals surface area (Å²) < 4.78 is 35.8. The number of anilines is 2. The minimum absolute atomic E-state index is 0.00939. The molecule has 0 bridgehead atoms. The van der Waals surface area contributed by atoms with Crippen LogP contribution in [0.15, 0.2) is 18.2 Å². The summed E-state index contributed by atoms with van der Waals surface area (Å²) in [5.74, 6) is -1.12. The zero-order valence-corrected chi connectivity index (χ0v) is 20.3. The van der Waals surface area contributed by atoms with Gasteiger partial charge in [0.05, 0.1) is 14.2 Å². The van der Waals surface area contributed by atoms with Gasteiger partial charge in [-0.1, -0.05) is 32.1 Å². The maximum Gasteiger partial charge on any atom is 0.244 e. The standard InChI is InChI=1S/C20H28N4O6S2/c1-6-16(19(26)22-20-24-23-18(31-20)9-12(2)3)32(27,28)11-17(25)21-13-7-8-14(29-4)15(10-13)30-5/h7-8,10,12,16H,6,9,11H2,1-5H3,(H,21,25)(H,22,24,26). The van der Waals surface area contributed by atoms with Crippen molar-refractivity contribution in [2.24, 2.45) is 5.92 Å². The summed E-state index contributed by atoms with van der Waals surface area (Å²) in [6.07, 6.45) is 0.717. The summed E-state index contributed by atoms with van der Waals surface area (Å²) in [5.41, 5.74) is 0.340. The normalized spacial score (nSPS) is 12.3. The summed E-state index contributed by atoms with van der Waals surface area (Å²) in [4.78, 5) is 25.0. The Morgan fingerprint density at radius 3 is 2.38 bits per heavy atom. The third kappa shape index (κ3) is 6.89. The first-order valence-corrected chi connectivity index (χ1v) is 12.5. The fourth-order valence-electron chi connectivity index (χ4n) is 2.92. The molecule has 1 atom stereocenters. The molecule has 0 saturated heterocycles. The van der Waals surface area contributed by atoms with Crippen molar-refractivity contribution in [1.29, 1.82) is 0 Å². The highest BCUT2D eigenvalue weighted by atomic mass is 32.2. The van der Waals surface area contributed by atoms with Gasteiger partial charge in [-0.15, -0.1) is 10.2 Å². The first kappa shape index (κ1) is 25.5. The first-order valence-electron chi connectivity index (χ1n) is 9.96. The Morgan fingerprint density at radius 2 is 1.78 bits per heavy atom. The summed E-state index contributed by atoms with van der Waals surface area (Å²) in [6.45, 7) is 5.64. The van der Waals surface area contributed by atoms with E-state index in [-0.39, 0.29) is 11.6 Å². The van der Waals surface area contributed by atoms with E-state index in [9.17, 15) is 18.0 Å². The van der Waals surface area contributed by atoms with Crippen molar-refractivity contribution in [1.82, 2.24) is 10.2 Å². The van der Waals surface area contributed by atoms with Gasteiger partial charge in [-0.25, -0.2) is 8.42 Å². The van der Waals surface area contributed by atoms with Crippen LogP contribution in [0.1, 0.15) is 32.2 Å². The molecule has 0 aliphatic rings. The molecule has 10 nitrogen and oxygen atoms in total. The zero-order chi connectivity index (χ0) is 23.9. The Bertz CT molecular complexity index is 1050. The number of hydrogen-bond acceptors (Lipinski definition) is 9. The fourth-order valence-corrected chi connectivity index (χ4v) is 5.41. The molecule has 32 heavy (non-hydrogen) atoms. The average molecular weight is 485 g/mol. The number of rotatable bonds is 11. The molecule has 0 aliphatic carbocycles. The average Bonchev–Trinajstić information content (AvgIpc) is 3.13. The van der Waals surface area contributed by atoms with Crippen molar-refractivity contribution >= 4 is 43.8 Å². The topological polar surface area (TPSA) is 137 Å². The lowest BCUT2D eigenvalue weighted by Gasteiger charge is -2.15. The third-order valence-corrected chi connectivity index (χ3v) is 7.32. The number of ether oxygens (including phenoxy) is 2. The van der Waals surface area contributed by atoms with Gasteiger partial charge in [-0.3, -0.25) is 14.9 Å². The molecule has 1 heterocycles. The van der Waals surface area contributed by atoms with E-state index in [4.69, 9.17) is 9.47 Å². The number of nitrogens with zero attached hydrogens (tertiary/aromatic N) is 2. The maximum absolute atomic E-state index is 12.8. The predicted molar refractivity (Wildman–Crippen MR) is 123 cm³/mol. The van der Waals surface area contributed by atoms with Crippen molar-refractivity contribution in [2.45, 2.75) is 38.9 Å². The number of nitrogens with one attached hydrogen (secondary N) is 2. The van der Waals surface area contributed by atoms with Crippen LogP contribution in [0.3, 0.4) is 0 Å². The first-order chi connectivity index (χ1) is 15.1. The van der Waals surface area contributed by atoms with Crippen molar-refractivity contribution in [2.75, 3.05) is 30.6 Å². The molecule has 2 rings (SSSR count). The summed E-state index contributed by atoms with van der Waals surface area (Å²) in [5, 5.41) is 12.5. The van der Waals surface area contributed by atoms with Crippen molar-refractivity contribution in [3.63, 3.8) is 0 Å². The molecule has 2 aromatic rings. The van der Waals surface area contributed by atoms with Crippen LogP contribution >= 0.6 is 11.3 Å². The monoisotopic (exact) mass is 484 g/mol. The highest BCUT2D eigenvalue weighted by Crippen LogP contribution is 2.29. The Morgan fingerprint density at radius 1 is 1.09 bits per heavy atom. The highest BCUT2D eigenvalue weighted by Gasteiger charge is 2.33. The number of sulfone groups is 1. The van der Waals surface area contributed by atoms with Gasteiger partial charge < -0.3 is 14.8 Å². The lowest BCUT2D eigenvalue weighted by atomic mass is 10.1. The SMILES string of the molecule is CCC(C(=O)Nc1nnc(CC(C)C)s1)S(=O)(=O)CC(=O)Nc1ccc(OC)c(OC)c1. The van der Waals surface area contributed by atoms with Gasteiger partial charge in [0.1, 0.15) is 16.0 Å². The maximum atomic E-state index is 12.8. The van der Waals surface area contributed by atoms with Crippen LogP contribution in [0.25, 0.3) is 0 Å². The number of benzene rings is 1. The molecular weight excluding hydrogens is 456 g/mol. The van der Waals surface area contributed by atoms with Crippen molar-refractivity contribution in [3.05, 3.63) is 23.2 Å². The highest BCUT2D eigenvalue weighted by molar-refractivity contribution is 7.93. The molecule has 1 unspecified atom stereocenters. The molecule has 1 aromatic heterocycles. The van der Waals surface area contributed by atoms with Crippen LogP contribution < -0.4 is 20.1 Å². The van der Waals surface area contributed by atoms with Crippen LogP contribution in [0.5, 0.6) is 11.5 Å². The van der Waals surface area contributed by atoms with E-state index in [0.717, 1.165) is 5.01 Å². The second kappa shape index (κ2) is 11.2. The third-order valence-electron chi connectivity index (χ3n) is 4.38. The zero-order valence-electron chi connectivity index (χ0n) is 18.7. The van der Waals surface area contributed by atoms with Crippen LogP contribution in [-0.4, -0.2) is 55.7 Å². The Hall–Kier alpha value is -2.73. The molecule has 0 saturated carbocycles. The van der Waals surface area contributed by atoms with Gasteiger partial charge in [-0.2, -0.15) is 0 Å². The Kier molecular flexibility index (Phi) is 8.96. The van der Waals surface area contributed by atoms with Crippen LogP contribution in [0.4, 0.5) is 10.8 Å². The minimum atomic E-state index is -4.08. The number of amides is 2. The molecule has 1 aromatic carbocycles. The second-order valence-corrected chi connectivity index (χ2v) is 10.7. The smallest absolute Gasteiger partial charge is 0.244 e. The predicted octanol–water partition coefficient (Wildman–Crippen LogP) is 2.52. The van der Waals surface area contributed by atoms with Crippen LogP contribution in [0.2, 0.25) is 0 Å². The van der Waals surface area contributed by atoms with E-state index in [2.05, 4.69) is 20.8 Å². The summed E-state index contributed by atoms with van der Waals surface area (Å²) >= 11 is 1.20. The molecule has 0 radical (unpaired) electrons. The van der Waals surface area contributed by atoms with Gasteiger partial charge in [-0.05, 0) is 24.5 Å². The van der Waals surface area contributed by atoms with Gasteiger partial charge in [0.25, 0.3) is 0 Å². The van der Waals surface area contributed by atoms with E-state index >= 15 is 0 Å². The number of methoxy groups -OCH3 is 2. The summed E-state index contributed by atoms with van der Waals surface area (Å²) in [7, 11) is -1.15. The van der Waals surface area contributed by atoms with Crippen molar-refractivity contribution < 1.29 is 27.5 Å². The molecule has 0 fully saturated rings. The number of carbonyl (C=O) groups is 2. The van der Waals surface area contributed by atoms with Crippen LogP contribution in [0, 0.1) is 5.92 Å². The van der Waals surface area contributed by atoms with E-state index in [0.29, 0.717) is 29.5 Å². The Balaban J connectivity index is 2.05. The summed E-state index contributed by atoms with van der Waals surface area (Å²) in [6, 6.07) is 4.65. The minimum Gasteiger partial charge on any atom is -0.493 e. The lowest BCUT2D eigenvalue weighted by molar-refractivity contribution is -0.115. The molecule has 0 spiro atoms. The molecule has 2 amide bonds. The molecular formula is C20H28N4O6S2. The quantitative estimate of drug-likeness (QED) is 0.496. The molecule has 12 heteroatoms. The van der Waals surface area contributed by atoms with Gasteiger partial charge in [0.15, 0.2) is 21.3 Å². The van der Waals surface area contributed by atoms with Crippen LogP contribution in [-0.2, 0) is 25.8 Å². The number of aromatic nitrogens is 2. The molecule has 2 N–H and O–H groups in total. The second-order valence-electron chi connectivity index (χ2n) is 7.41. The molecule has 176 valence electrons. The fraction of sp³-hybridized carbons (Fsp3) is 0.500. The van der Waals surface area contributed by atoms with Crippen molar-refractivity contribution in [3.8, 4) is 11.5 Å². The van der Waals surface area contributed by atoms with Gasteiger partial charge >= 0.3 is 0 Å². The number of carbonyl (C=O) groups excluding carboxylic acids is 2. The molecule has 0 aliphatic heterocycles. The van der Waals surface area contributed by atoms with E-state index in [1.54, 1.807) is 19.1 Å². The van der Waals surface area contributed by atoms with Gasteiger partial charge in [0.2, 0.25) is 16.9 Å². The Labute approximate surface area is 191 Å². The van der Waals surface area contributed by atoms with E-state index < -0.39 is 32.7 Å².